The van der Waals surface area contributed by atoms with Gasteiger partial charge in [0.2, 0.25) is 0 Å². The number of fused-ring (bicyclic) bond motifs is 5. The Morgan fingerprint density at radius 1 is 1.03 bits per heavy atom. The predicted octanol–water partition coefficient (Wildman–Crippen LogP) is 3.94. The molecule has 178 valence electrons. The molecule has 5 nitrogen and oxygen atoms in total. The second-order valence-electron chi connectivity index (χ2n) is 11.6. The summed E-state index contributed by atoms with van der Waals surface area (Å²) in [6.07, 6.45) is 16.2. The highest BCUT2D eigenvalue weighted by Gasteiger charge is 2.66. The molecule has 4 rings (SSSR count). The van der Waals surface area contributed by atoms with Crippen molar-refractivity contribution in [3.8, 4) is 0 Å². The number of rotatable bonds is 8. The molecule has 4 saturated carbocycles. The van der Waals surface area contributed by atoms with E-state index in [0.717, 1.165) is 64.3 Å². The third kappa shape index (κ3) is 4.14. The standard InChI is InChI=1S/C26H46N2O3/c1-24-12-10-21(29)18-20(24)7-8-23-22(24)11-13-25(2)19(9-14-26(23,25)30)6-5-16-28-31-17-4-3-15-27/h5-6,19-23,28-30H,3-4,7-18,27H2,1-2H3/b6-5+/t19?,20?,21?,22-,23-,24+,25-,26-/m1/s1. The summed E-state index contributed by atoms with van der Waals surface area (Å²) >= 11 is 0. The highest BCUT2D eigenvalue weighted by molar-refractivity contribution is 5.19. The Bertz CT molecular complexity index is 642. The Morgan fingerprint density at radius 2 is 1.87 bits per heavy atom. The summed E-state index contributed by atoms with van der Waals surface area (Å²) in [6, 6.07) is 0. The Hall–Kier alpha value is -0.460. The Kier molecular flexibility index (Phi) is 7.20. The van der Waals surface area contributed by atoms with Crippen LogP contribution in [-0.4, -0.2) is 41.6 Å². The molecule has 0 heterocycles. The third-order valence-corrected chi connectivity index (χ3v) is 10.3. The molecule has 3 unspecified atom stereocenters. The van der Waals surface area contributed by atoms with Crippen LogP contribution in [0.25, 0.3) is 0 Å². The lowest BCUT2D eigenvalue weighted by Gasteiger charge is -2.63. The second-order valence-corrected chi connectivity index (χ2v) is 11.6. The normalized spacial score (nSPS) is 47.2. The lowest BCUT2D eigenvalue weighted by molar-refractivity contribution is -0.207. The van der Waals surface area contributed by atoms with E-state index in [0.29, 0.717) is 42.2 Å². The molecule has 0 aromatic rings. The number of aliphatic hydroxyl groups excluding tert-OH is 1. The minimum Gasteiger partial charge on any atom is -0.393 e. The Morgan fingerprint density at radius 3 is 2.68 bits per heavy atom. The van der Waals surface area contributed by atoms with E-state index in [9.17, 15) is 10.2 Å². The summed E-state index contributed by atoms with van der Waals surface area (Å²) in [5.41, 5.74) is 8.28. The first-order chi connectivity index (χ1) is 14.8. The van der Waals surface area contributed by atoms with Crippen molar-refractivity contribution in [1.82, 2.24) is 5.48 Å². The maximum Gasteiger partial charge on any atom is 0.0737 e. The van der Waals surface area contributed by atoms with Crippen molar-refractivity contribution in [2.45, 2.75) is 96.2 Å². The summed E-state index contributed by atoms with van der Waals surface area (Å²) in [4.78, 5) is 5.47. The van der Waals surface area contributed by atoms with Gasteiger partial charge in [0.1, 0.15) is 0 Å². The third-order valence-electron chi connectivity index (χ3n) is 10.3. The van der Waals surface area contributed by atoms with Gasteiger partial charge in [-0.15, -0.1) is 0 Å². The fourth-order valence-electron chi connectivity index (χ4n) is 8.28. The molecule has 5 heteroatoms. The van der Waals surface area contributed by atoms with E-state index in [4.69, 9.17) is 10.6 Å². The first kappa shape index (κ1) is 23.7. The molecular formula is C26H46N2O3. The zero-order valence-electron chi connectivity index (χ0n) is 19.8. The molecule has 5 N–H and O–H groups in total. The van der Waals surface area contributed by atoms with Gasteiger partial charge in [-0.1, -0.05) is 26.0 Å². The van der Waals surface area contributed by atoms with Crippen LogP contribution in [0.4, 0.5) is 0 Å². The maximum atomic E-state index is 12.2. The molecule has 0 aliphatic heterocycles. The first-order valence-corrected chi connectivity index (χ1v) is 13.0. The van der Waals surface area contributed by atoms with Gasteiger partial charge in [-0.25, -0.2) is 0 Å². The molecule has 4 aliphatic carbocycles. The van der Waals surface area contributed by atoms with E-state index in [1.807, 2.05) is 0 Å². The summed E-state index contributed by atoms with van der Waals surface area (Å²) in [5, 5.41) is 22.4. The highest BCUT2D eigenvalue weighted by atomic mass is 16.6. The number of unbranched alkanes of at least 4 members (excludes halogenated alkanes) is 1. The average molecular weight is 435 g/mol. The number of aliphatic hydroxyl groups is 2. The zero-order chi connectivity index (χ0) is 22.1. The molecule has 0 aromatic carbocycles. The van der Waals surface area contributed by atoms with Gasteiger partial charge in [0, 0.05) is 12.0 Å². The monoisotopic (exact) mass is 434 g/mol. The van der Waals surface area contributed by atoms with Crippen molar-refractivity contribution in [1.29, 1.82) is 0 Å². The van der Waals surface area contributed by atoms with Crippen LogP contribution >= 0.6 is 0 Å². The molecular weight excluding hydrogens is 388 g/mol. The fraction of sp³-hybridized carbons (Fsp3) is 0.923. The molecule has 4 fully saturated rings. The largest absolute Gasteiger partial charge is 0.393 e. The predicted molar refractivity (Wildman–Crippen MR) is 124 cm³/mol. The van der Waals surface area contributed by atoms with Crippen LogP contribution in [0.5, 0.6) is 0 Å². The maximum absolute atomic E-state index is 12.2. The lowest BCUT2D eigenvalue weighted by atomic mass is 9.43. The molecule has 0 aromatic heterocycles. The number of nitrogens with one attached hydrogen (secondary N) is 1. The molecule has 0 bridgehead atoms. The Balaban J connectivity index is 1.38. The van der Waals surface area contributed by atoms with Crippen LogP contribution < -0.4 is 11.2 Å². The van der Waals surface area contributed by atoms with E-state index in [1.54, 1.807) is 0 Å². The van der Waals surface area contributed by atoms with Crippen molar-refractivity contribution in [3.63, 3.8) is 0 Å². The van der Waals surface area contributed by atoms with Gasteiger partial charge in [0.25, 0.3) is 0 Å². The van der Waals surface area contributed by atoms with Crippen LogP contribution in [0.1, 0.15) is 84.5 Å². The van der Waals surface area contributed by atoms with Gasteiger partial charge >= 0.3 is 0 Å². The van der Waals surface area contributed by atoms with E-state index < -0.39 is 5.60 Å². The summed E-state index contributed by atoms with van der Waals surface area (Å²) in [7, 11) is 0. The highest BCUT2D eigenvalue weighted by Crippen LogP contribution is 2.69. The van der Waals surface area contributed by atoms with Gasteiger partial charge in [0.15, 0.2) is 0 Å². The lowest BCUT2D eigenvalue weighted by Crippen LogP contribution is -2.62. The van der Waals surface area contributed by atoms with Crippen LogP contribution in [0.15, 0.2) is 12.2 Å². The van der Waals surface area contributed by atoms with Crippen molar-refractivity contribution < 1.29 is 15.1 Å². The van der Waals surface area contributed by atoms with Crippen molar-refractivity contribution in [2.24, 2.45) is 40.2 Å². The van der Waals surface area contributed by atoms with Crippen LogP contribution in [0.2, 0.25) is 0 Å². The number of hydroxylamine groups is 1. The van der Waals surface area contributed by atoms with Gasteiger partial charge in [-0.05, 0) is 106 Å². The smallest absolute Gasteiger partial charge is 0.0737 e. The van der Waals surface area contributed by atoms with Crippen molar-refractivity contribution in [2.75, 3.05) is 19.7 Å². The van der Waals surface area contributed by atoms with E-state index in [1.165, 1.54) is 12.8 Å². The second kappa shape index (κ2) is 9.42. The van der Waals surface area contributed by atoms with Crippen LogP contribution in [-0.2, 0) is 4.84 Å². The zero-order valence-corrected chi connectivity index (χ0v) is 19.8. The van der Waals surface area contributed by atoms with Gasteiger partial charge in [-0.3, -0.25) is 0 Å². The van der Waals surface area contributed by atoms with Gasteiger partial charge in [-0.2, -0.15) is 5.48 Å². The minimum atomic E-state index is -0.541. The molecule has 0 saturated heterocycles. The molecule has 0 radical (unpaired) electrons. The number of hydrogen-bond donors (Lipinski definition) is 4. The molecule has 0 amide bonds. The van der Waals surface area contributed by atoms with Crippen molar-refractivity contribution >= 4 is 0 Å². The average Bonchev–Trinajstić information content (AvgIpc) is 3.01. The summed E-state index contributed by atoms with van der Waals surface area (Å²) < 4.78 is 0. The van der Waals surface area contributed by atoms with Gasteiger partial charge < -0.3 is 20.8 Å². The number of nitrogens with two attached hydrogens (primary N) is 1. The number of allylic oxidation sites excluding steroid dienone is 1. The first-order valence-electron chi connectivity index (χ1n) is 13.0. The topological polar surface area (TPSA) is 87.7 Å². The number of hydrogen-bond acceptors (Lipinski definition) is 5. The van der Waals surface area contributed by atoms with E-state index in [2.05, 4.69) is 31.5 Å². The minimum absolute atomic E-state index is 0.0238. The molecule has 31 heavy (non-hydrogen) atoms. The van der Waals surface area contributed by atoms with Crippen LogP contribution in [0, 0.1) is 34.5 Å². The van der Waals surface area contributed by atoms with E-state index in [-0.39, 0.29) is 11.5 Å². The molecule has 8 atom stereocenters. The fourth-order valence-corrected chi connectivity index (χ4v) is 8.28. The summed E-state index contributed by atoms with van der Waals surface area (Å²) in [6.45, 7) is 6.97. The van der Waals surface area contributed by atoms with E-state index >= 15 is 0 Å². The SMILES string of the molecule is C[C@]12CCC(O)CC1CC[C@@H]1[C@H]2CC[C@]2(C)C(/C=C/CNOCCCCN)CC[C@@]12O. The molecule has 0 spiro atoms. The van der Waals surface area contributed by atoms with Crippen LogP contribution in [0.3, 0.4) is 0 Å². The van der Waals surface area contributed by atoms with Crippen molar-refractivity contribution in [3.05, 3.63) is 12.2 Å². The summed E-state index contributed by atoms with van der Waals surface area (Å²) in [5.74, 6) is 2.11. The van der Waals surface area contributed by atoms with Gasteiger partial charge in [0.05, 0.1) is 18.3 Å². The quantitative estimate of drug-likeness (QED) is 0.264. The molecule has 4 aliphatic rings. The Labute approximate surface area is 189 Å².